The summed E-state index contributed by atoms with van der Waals surface area (Å²) in [4.78, 5) is 11.3. The minimum Gasteiger partial charge on any atom is -0.396 e. The van der Waals surface area contributed by atoms with Crippen LogP contribution in [0.2, 0.25) is 25.7 Å². The Hall–Kier alpha value is -2.49. The molecule has 0 bridgehead atoms. The standard InChI is InChI=1S/C22H30FN5O2Si/c1-31(2,3)11-10-30-15-28-20(16-4-5-19(24)18(23)12-16)13-17-21(25-14-26-22(17)28)27-6-8-29-9-7-27/h4-5,12-14H,6-11,15,24H2,1-3H3. The Morgan fingerprint density at radius 1 is 1.16 bits per heavy atom. The largest absolute Gasteiger partial charge is 0.396 e. The lowest BCUT2D eigenvalue weighted by Gasteiger charge is -2.28. The van der Waals surface area contributed by atoms with E-state index in [9.17, 15) is 4.39 Å². The molecule has 7 nitrogen and oxygen atoms in total. The van der Waals surface area contributed by atoms with Crippen LogP contribution in [0.25, 0.3) is 22.3 Å². The van der Waals surface area contributed by atoms with Crippen LogP contribution >= 0.6 is 0 Å². The molecule has 1 aromatic carbocycles. The minimum atomic E-state index is -1.20. The fourth-order valence-electron chi connectivity index (χ4n) is 3.67. The number of benzene rings is 1. The molecule has 0 saturated carbocycles. The van der Waals surface area contributed by atoms with Crippen molar-refractivity contribution in [3.8, 4) is 11.3 Å². The van der Waals surface area contributed by atoms with Crippen molar-refractivity contribution in [2.24, 2.45) is 0 Å². The maximum atomic E-state index is 14.2. The number of nitrogens with zero attached hydrogens (tertiary/aromatic N) is 4. The van der Waals surface area contributed by atoms with Crippen molar-refractivity contribution < 1.29 is 13.9 Å². The first-order valence-corrected chi connectivity index (χ1v) is 14.3. The molecule has 0 spiro atoms. The number of fused-ring (bicyclic) bond motifs is 1. The molecule has 0 amide bonds. The molecule has 1 fully saturated rings. The Labute approximate surface area is 183 Å². The zero-order chi connectivity index (χ0) is 22.0. The molecular formula is C22H30FN5O2Si. The normalized spacial score (nSPS) is 15.0. The summed E-state index contributed by atoms with van der Waals surface area (Å²) in [5.41, 5.74) is 8.16. The van der Waals surface area contributed by atoms with Crippen molar-refractivity contribution in [1.29, 1.82) is 0 Å². The number of nitrogens with two attached hydrogens (primary N) is 1. The van der Waals surface area contributed by atoms with Gasteiger partial charge in [-0.05, 0) is 24.2 Å². The van der Waals surface area contributed by atoms with Crippen LogP contribution in [0.3, 0.4) is 0 Å². The quantitative estimate of drug-likeness (QED) is 0.338. The number of hydrogen-bond acceptors (Lipinski definition) is 6. The maximum Gasteiger partial charge on any atom is 0.147 e. The molecule has 1 aliphatic heterocycles. The number of ether oxygens (including phenoxy) is 2. The maximum absolute atomic E-state index is 14.2. The van der Waals surface area contributed by atoms with Crippen molar-refractivity contribution in [3.05, 3.63) is 36.4 Å². The average molecular weight is 444 g/mol. The van der Waals surface area contributed by atoms with Gasteiger partial charge in [-0.1, -0.05) is 25.7 Å². The van der Waals surface area contributed by atoms with Crippen LogP contribution in [0, 0.1) is 5.82 Å². The van der Waals surface area contributed by atoms with Crippen molar-refractivity contribution in [3.63, 3.8) is 0 Å². The van der Waals surface area contributed by atoms with Gasteiger partial charge in [-0.2, -0.15) is 0 Å². The second-order valence-electron chi connectivity index (χ2n) is 9.08. The van der Waals surface area contributed by atoms with Gasteiger partial charge in [0.2, 0.25) is 0 Å². The summed E-state index contributed by atoms with van der Waals surface area (Å²) in [5, 5.41) is 0.922. The van der Waals surface area contributed by atoms with Crippen LogP contribution in [0.15, 0.2) is 30.6 Å². The van der Waals surface area contributed by atoms with E-state index in [0.29, 0.717) is 26.6 Å². The van der Waals surface area contributed by atoms with Gasteiger partial charge in [0.1, 0.15) is 30.3 Å². The van der Waals surface area contributed by atoms with E-state index in [4.69, 9.17) is 15.2 Å². The molecule has 9 heteroatoms. The van der Waals surface area contributed by atoms with Crippen LogP contribution < -0.4 is 10.6 Å². The van der Waals surface area contributed by atoms with Crippen molar-refractivity contribution in [2.75, 3.05) is 43.5 Å². The van der Waals surface area contributed by atoms with E-state index >= 15 is 0 Å². The molecule has 0 aliphatic carbocycles. The summed E-state index contributed by atoms with van der Waals surface area (Å²) in [6.45, 7) is 10.9. The van der Waals surface area contributed by atoms with E-state index in [1.165, 1.54) is 6.07 Å². The SMILES string of the molecule is C[Si](C)(C)CCOCn1c(-c2ccc(N)c(F)c2)cc2c(N3CCOCC3)ncnc21. The third-order valence-corrected chi connectivity index (χ3v) is 7.20. The van der Waals surface area contributed by atoms with Crippen LogP contribution in [0.1, 0.15) is 0 Å². The first-order chi connectivity index (χ1) is 14.8. The highest BCUT2D eigenvalue weighted by Gasteiger charge is 2.21. The summed E-state index contributed by atoms with van der Waals surface area (Å²) in [6, 6.07) is 7.98. The Bertz CT molecular complexity index is 1060. The molecule has 1 saturated heterocycles. The van der Waals surface area contributed by atoms with Crippen LogP contribution in [-0.2, 0) is 16.2 Å². The molecule has 166 valence electrons. The third-order valence-electron chi connectivity index (χ3n) is 5.49. The van der Waals surface area contributed by atoms with E-state index in [1.54, 1.807) is 12.4 Å². The fraction of sp³-hybridized carbons (Fsp3) is 0.455. The van der Waals surface area contributed by atoms with Crippen molar-refractivity contribution >= 4 is 30.6 Å². The third kappa shape index (κ3) is 4.89. The average Bonchev–Trinajstić information content (AvgIpc) is 3.12. The van der Waals surface area contributed by atoms with Gasteiger partial charge >= 0.3 is 0 Å². The molecule has 4 rings (SSSR count). The highest BCUT2D eigenvalue weighted by molar-refractivity contribution is 6.76. The zero-order valence-corrected chi connectivity index (χ0v) is 19.4. The van der Waals surface area contributed by atoms with Crippen LogP contribution in [0.4, 0.5) is 15.9 Å². The lowest BCUT2D eigenvalue weighted by atomic mass is 10.1. The molecule has 2 N–H and O–H groups in total. The topological polar surface area (TPSA) is 78.4 Å². The summed E-state index contributed by atoms with van der Waals surface area (Å²) in [6.07, 6.45) is 1.58. The van der Waals surface area contributed by atoms with E-state index in [2.05, 4.69) is 34.5 Å². The highest BCUT2D eigenvalue weighted by atomic mass is 28.3. The second kappa shape index (κ2) is 8.94. The first kappa shape index (κ1) is 21.7. The molecule has 3 heterocycles. The molecule has 0 radical (unpaired) electrons. The number of halogens is 1. The number of anilines is 2. The predicted octanol–water partition coefficient (Wildman–Crippen LogP) is 3.97. The fourth-order valence-corrected chi connectivity index (χ4v) is 4.42. The van der Waals surface area contributed by atoms with Crippen molar-refractivity contribution in [2.45, 2.75) is 32.4 Å². The first-order valence-electron chi connectivity index (χ1n) is 10.6. The lowest BCUT2D eigenvalue weighted by Crippen LogP contribution is -2.36. The molecule has 2 aromatic heterocycles. The van der Waals surface area contributed by atoms with Gasteiger partial charge in [0.05, 0.1) is 30.0 Å². The molecule has 31 heavy (non-hydrogen) atoms. The summed E-state index contributed by atoms with van der Waals surface area (Å²) in [5.74, 6) is 0.430. The Kier molecular flexibility index (Phi) is 6.26. The number of nitrogen functional groups attached to an aromatic ring is 1. The van der Waals surface area contributed by atoms with Crippen LogP contribution in [-0.4, -0.2) is 55.5 Å². The summed E-state index contributed by atoms with van der Waals surface area (Å²) >= 11 is 0. The summed E-state index contributed by atoms with van der Waals surface area (Å²) < 4.78 is 27.8. The van der Waals surface area contributed by atoms with E-state index in [-0.39, 0.29) is 5.69 Å². The lowest BCUT2D eigenvalue weighted by molar-refractivity contribution is 0.0909. The Morgan fingerprint density at radius 2 is 1.94 bits per heavy atom. The number of rotatable bonds is 7. The summed E-state index contributed by atoms with van der Waals surface area (Å²) in [7, 11) is -1.20. The van der Waals surface area contributed by atoms with E-state index in [1.807, 2.05) is 16.7 Å². The zero-order valence-electron chi connectivity index (χ0n) is 18.4. The van der Waals surface area contributed by atoms with Gasteiger partial charge in [0.15, 0.2) is 0 Å². The highest BCUT2D eigenvalue weighted by Crippen LogP contribution is 2.33. The Balaban J connectivity index is 1.74. The van der Waals surface area contributed by atoms with E-state index in [0.717, 1.165) is 47.2 Å². The van der Waals surface area contributed by atoms with Gasteiger partial charge in [-0.15, -0.1) is 0 Å². The van der Waals surface area contributed by atoms with Gasteiger partial charge in [-0.25, -0.2) is 14.4 Å². The number of morpholine rings is 1. The predicted molar refractivity (Wildman–Crippen MR) is 124 cm³/mol. The number of aromatic nitrogens is 3. The number of hydrogen-bond donors (Lipinski definition) is 1. The monoisotopic (exact) mass is 443 g/mol. The van der Waals surface area contributed by atoms with E-state index < -0.39 is 13.9 Å². The van der Waals surface area contributed by atoms with Gasteiger partial charge in [0.25, 0.3) is 0 Å². The molecular weight excluding hydrogens is 413 g/mol. The molecule has 1 aliphatic rings. The molecule has 0 atom stereocenters. The van der Waals surface area contributed by atoms with Gasteiger partial charge in [-0.3, -0.25) is 0 Å². The van der Waals surface area contributed by atoms with Gasteiger partial charge < -0.3 is 24.7 Å². The van der Waals surface area contributed by atoms with Gasteiger partial charge in [0, 0.05) is 33.3 Å². The minimum absolute atomic E-state index is 0.131. The smallest absolute Gasteiger partial charge is 0.147 e. The molecule has 3 aromatic rings. The van der Waals surface area contributed by atoms with Crippen LogP contribution in [0.5, 0.6) is 0 Å². The molecule has 0 unspecified atom stereocenters. The van der Waals surface area contributed by atoms with Crippen molar-refractivity contribution in [1.82, 2.24) is 14.5 Å². The Morgan fingerprint density at radius 3 is 2.65 bits per heavy atom. The second-order valence-corrected chi connectivity index (χ2v) is 14.7.